The van der Waals surface area contributed by atoms with E-state index in [1.54, 1.807) is 37.3 Å². The summed E-state index contributed by atoms with van der Waals surface area (Å²) in [4.78, 5) is 0. The van der Waals surface area contributed by atoms with Crippen LogP contribution in [0.3, 0.4) is 0 Å². The zero-order valence-electron chi connectivity index (χ0n) is 18.0. The summed E-state index contributed by atoms with van der Waals surface area (Å²) in [6, 6.07) is 8.59. The lowest BCUT2D eigenvalue weighted by molar-refractivity contribution is -0.176. The number of rotatable bonds is 8. The molecule has 1 atom stereocenters. The lowest BCUT2D eigenvalue weighted by atomic mass is 9.99. The SMILES string of the molecule is COc1cccc(OC)c1-n1c(NS(=O)(=O)C(C)C2(O)COC2)nnc1-c1ccc(C)o1. The van der Waals surface area contributed by atoms with Crippen LogP contribution in [0, 0.1) is 6.92 Å². The van der Waals surface area contributed by atoms with Crippen molar-refractivity contribution in [3.63, 3.8) is 0 Å². The number of furan rings is 1. The van der Waals surface area contributed by atoms with E-state index in [-0.39, 0.29) is 25.0 Å². The Morgan fingerprint density at radius 2 is 1.81 bits per heavy atom. The topological polar surface area (TPSA) is 138 Å². The Morgan fingerprint density at radius 3 is 2.31 bits per heavy atom. The Kier molecular flexibility index (Phi) is 5.61. The van der Waals surface area contributed by atoms with E-state index in [0.29, 0.717) is 28.7 Å². The second-order valence-electron chi connectivity index (χ2n) is 7.49. The quantitative estimate of drug-likeness (QED) is 0.510. The molecular weight excluding hydrogens is 440 g/mol. The Hall–Kier alpha value is -3.09. The van der Waals surface area contributed by atoms with Gasteiger partial charge in [-0.2, -0.15) is 0 Å². The predicted molar refractivity (Wildman–Crippen MR) is 115 cm³/mol. The Morgan fingerprint density at radius 1 is 1.16 bits per heavy atom. The molecule has 11 nitrogen and oxygen atoms in total. The van der Waals surface area contributed by atoms with Crippen LogP contribution in [0.4, 0.5) is 5.95 Å². The third-order valence-corrected chi connectivity index (χ3v) is 7.25. The zero-order valence-corrected chi connectivity index (χ0v) is 18.8. The first-order valence-electron chi connectivity index (χ1n) is 9.75. The van der Waals surface area contributed by atoms with E-state index in [1.165, 1.54) is 25.7 Å². The van der Waals surface area contributed by atoms with Crippen molar-refractivity contribution in [3.8, 4) is 28.8 Å². The van der Waals surface area contributed by atoms with Crippen molar-refractivity contribution >= 4 is 16.0 Å². The van der Waals surface area contributed by atoms with E-state index in [0.717, 1.165) is 0 Å². The highest BCUT2D eigenvalue weighted by Crippen LogP contribution is 2.38. The maximum Gasteiger partial charge on any atom is 0.243 e. The van der Waals surface area contributed by atoms with Crippen molar-refractivity contribution in [2.75, 3.05) is 32.2 Å². The van der Waals surface area contributed by atoms with E-state index in [1.807, 2.05) is 0 Å². The number of hydrogen-bond donors (Lipinski definition) is 2. The summed E-state index contributed by atoms with van der Waals surface area (Å²) >= 11 is 0. The number of benzene rings is 1. The molecule has 1 aromatic carbocycles. The van der Waals surface area contributed by atoms with E-state index < -0.39 is 20.9 Å². The number of para-hydroxylation sites is 1. The summed E-state index contributed by atoms with van der Waals surface area (Å²) < 4.78 is 51.8. The number of nitrogens with one attached hydrogen (secondary N) is 1. The third kappa shape index (κ3) is 3.70. The Labute approximate surface area is 185 Å². The van der Waals surface area contributed by atoms with Crippen LogP contribution in [-0.4, -0.2) is 66.6 Å². The molecule has 12 heteroatoms. The van der Waals surface area contributed by atoms with Crippen molar-refractivity contribution in [2.24, 2.45) is 0 Å². The second-order valence-corrected chi connectivity index (χ2v) is 9.49. The third-order valence-electron chi connectivity index (χ3n) is 5.41. The molecule has 2 aromatic heterocycles. The first kappa shape index (κ1) is 22.1. The summed E-state index contributed by atoms with van der Waals surface area (Å²) in [5.41, 5.74) is -1.11. The highest BCUT2D eigenvalue weighted by Gasteiger charge is 2.48. The molecular formula is C20H24N4O7S. The standard InChI is InChI=1S/C20H24N4O7S/c1-12-8-9-16(31-12)18-21-22-19(23-32(26,27)13(2)20(25)10-30-11-20)24(18)17-14(28-3)6-5-7-15(17)29-4/h5-9,13,25H,10-11H2,1-4H3,(H,22,23). The number of aromatic nitrogens is 3. The lowest BCUT2D eigenvalue weighted by Gasteiger charge is -2.40. The summed E-state index contributed by atoms with van der Waals surface area (Å²) in [5, 5.41) is 17.5. The van der Waals surface area contributed by atoms with Crippen LogP contribution in [0.5, 0.6) is 11.5 Å². The number of sulfonamides is 1. The fourth-order valence-corrected chi connectivity index (χ4v) is 4.66. The lowest BCUT2D eigenvalue weighted by Crippen LogP contribution is -2.60. The van der Waals surface area contributed by atoms with Gasteiger partial charge in [0.05, 0.1) is 27.4 Å². The van der Waals surface area contributed by atoms with Gasteiger partial charge in [0.15, 0.2) is 5.76 Å². The summed E-state index contributed by atoms with van der Waals surface area (Å²) in [6.07, 6.45) is 0. The Bertz CT molecular complexity index is 1210. The van der Waals surface area contributed by atoms with E-state index in [4.69, 9.17) is 18.6 Å². The van der Waals surface area contributed by atoms with Crippen LogP contribution in [0.2, 0.25) is 0 Å². The molecule has 1 aliphatic rings. The first-order valence-corrected chi connectivity index (χ1v) is 11.3. The zero-order chi connectivity index (χ0) is 23.1. The molecule has 1 saturated heterocycles. The van der Waals surface area contributed by atoms with E-state index in [9.17, 15) is 13.5 Å². The molecule has 1 aliphatic heterocycles. The molecule has 1 fully saturated rings. The van der Waals surface area contributed by atoms with Crippen LogP contribution in [0.25, 0.3) is 17.3 Å². The summed E-state index contributed by atoms with van der Waals surface area (Å²) in [7, 11) is -1.11. The molecule has 0 radical (unpaired) electrons. The molecule has 4 rings (SSSR count). The number of methoxy groups -OCH3 is 2. The molecule has 3 aromatic rings. The number of aliphatic hydroxyl groups is 1. The van der Waals surface area contributed by atoms with E-state index >= 15 is 0 Å². The van der Waals surface area contributed by atoms with Gasteiger partial charge in [-0.25, -0.2) is 8.42 Å². The highest BCUT2D eigenvalue weighted by molar-refractivity contribution is 7.93. The maximum absolute atomic E-state index is 13.1. The fraction of sp³-hybridized carbons (Fsp3) is 0.400. The molecule has 0 saturated carbocycles. The van der Waals surface area contributed by atoms with Crippen LogP contribution >= 0.6 is 0 Å². The fourth-order valence-electron chi connectivity index (χ4n) is 3.38. The normalized spacial score (nSPS) is 16.3. The molecule has 32 heavy (non-hydrogen) atoms. The number of nitrogens with zero attached hydrogens (tertiary/aromatic N) is 3. The van der Waals surface area contributed by atoms with Crippen molar-refractivity contribution in [1.29, 1.82) is 0 Å². The minimum absolute atomic E-state index is 0.0704. The van der Waals surface area contributed by atoms with Gasteiger partial charge in [0.2, 0.25) is 21.8 Å². The maximum atomic E-state index is 13.1. The smallest absolute Gasteiger partial charge is 0.243 e. The largest absolute Gasteiger partial charge is 0.494 e. The molecule has 172 valence electrons. The molecule has 0 amide bonds. The predicted octanol–water partition coefficient (Wildman–Crippen LogP) is 1.74. The van der Waals surface area contributed by atoms with E-state index in [2.05, 4.69) is 14.9 Å². The van der Waals surface area contributed by atoms with Gasteiger partial charge in [-0.3, -0.25) is 9.29 Å². The second kappa shape index (κ2) is 8.11. The van der Waals surface area contributed by atoms with Gasteiger partial charge < -0.3 is 23.7 Å². The van der Waals surface area contributed by atoms with Crippen molar-refractivity contribution in [3.05, 3.63) is 36.1 Å². The number of hydrogen-bond acceptors (Lipinski definition) is 9. The minimum atomic E-state index is -4.08. The van der Waals surface area contributed by atoms with Crippen molar-refractivity contribution in [2.45, 2.75) is 24.7 Å². The summed E-state index contributed by atoms with van der Waals surface area (Å²) in [6.45, 7) is 3.05. The minimum Gasteiger partial charge on any atom is -0.494 e. The molecule has 3 heterocycles. The average Bonchev–Trinajstić information content (AvgIpc) is 3.36. The van der Waals surface area contributed by atoms with Crippen LogP contribution < -0.4 is 14.2 Å². The molecule has 1 unspecified atom stereocenters. The van der Waals surface area contributed by atoms with Gasteiger partial charge in [0.1, 0.15) is 33.8 Å². The monoisotopic (exact) mass is 464 g/mol. The van der Waals surface area contributed by atoms with Gasteiger partial charge in [-0.15, -0.1) is 10.2 Å². The van der Waals surface area contributed by atoms with Gasteiger partial charge in [-0.1, -0.05) is 6.07 Å². The highest BCUT2D eigenvalue weighted by atomic mass is 32.2. The first-order chi connectivity index (χ1) is 15.2. The molecule has 2 N–H and O–H groups in total. The van der Waals surface area contributed by atoms with Crippen molar-refractivity contribution < 1.29 is 32.2 Å². The van der Waals surface area contributed by atoms with Gasteiger partial charge in [-0.05, 0) is 38.1 Å². The molecule has 0 spiro atoms. The van der Waals surface area contributed by atoms with Crippen LogP contribution in [0.1, 0.15) is 12.7 Å². The number of aryl methyl sites for hydroxylation is 1. The molecule has 0 bridgehead atoms. The molecule has 0 aliphatic carbocycles. The van der Waals surface area contributed by atoms with Crippen LogP contribution in [-0.2, 0) is 14.8 Å². The number of anilines is 1. The average molecular weight is 465 g/mol. The summed E-state index contributed by atoms with van der Waals surface area (Å²) in [5.74, 6) is 1.92. The van der Waals surface area contributed by atoms with Gasteiger partial charge in [0.25, 0.3) is 0 Å². The van der Waals surface area contributed by atoms with Gasteiger partial charge in [0, 0.05) is 0 Å². The van der Waals surface area contributed by atoms with Crippen LogP contribution in [0.15, 0.2) is 34.7 Å². The Balaban J connectivity index is 1.88. The van der Waals surface area contributed by atoms with Gasteiger partial charge >= 0.3 is 0 Å². The number of ether oxygens (including phenoxy) is 3. The van der Waals surface area contributed by atoms with Crippen molar-refractivity contribution in [1.82, 2.24) is 14.8 Å².